The second-order valence-electron chi connectivity index (χ2n) is 6.27. The van der Waals surface area contributed by atoms with Gasteiger partial charge in [-0.1, -0.05) is 66.2 Å². The van der Waals surface area contributed by atoms with Crippen molar-refractivity contribution in [2.75, 3.05) is 18.5 Å². The molecule has 0 fully saturated rings. The van der Waals surface area contributed by atoms with Gasteiger partial charge >= 0.3 is 0 Å². The minimum atomic E-state index is 0.690. The molecule has 0 amide bonds. The van der Waals surface area contributed by atoms with Crippen molar-refractivity contribution in [2.24, 2.45) is 0 Å². The Balaban J connectivity index is 1.92. The molecule has 0 heterocycles. The first-order chi connectivity index (χ1) is 12.3. The van der Waals surface area contributed by atoms with E-state index in [0.29, 0.717) is 11.6 Å². The van der Waals surface area contributed by atoms with Gasteiger partial charge in [-0.3, -0.25) is 0 Å². The number of fused-ring (bicyclic) bond motifs is 1. The van der Waals surface area contributed by atoms with Gasteiger partial charge in [0.15, 0.2) is 0 Å². The van der Waals surface area contributed by atoms with E-state index in [4.69, 9.17) is 21.1 Å². The predicted octanol–water partition coefficient (Wildman–Crippen LogP) is 7.40. The Labute approximate surface area is 165 Å². The quantitative estimate of drug-likeness (QED) is 0.259. The molecule has 2 rings (SSSR count). The van der Waals surface area contributed by atoms with Crippen LogP contribution >= 0.6 is 27.5 Å². The van der Waals surface area contributed by atoms with Crippen LogP contribution in [-0.2, 0) is 0 Å². The highest BCUT2D eigenvalue weighted by molar-refractivity contribution is 9.09. The summed E-state index contributed by atoms with van der Waals surface area (Å²) >= 11 is 9.99. The molecule has 2 aromatic carbocycles. The van der Waals surface area contributed by atoms with E-state index in [0.717, 1.165) is 47.1 Å². The Kier molecular flexibility index (Phi) is 9.49. The van der Waals surface area contributed by atoms with Gasteiger partial charge < -0.3 is 9.47 Å². The van der Waals surface area contributed by atoms with Gasteiger partial charge in [-0.05, 0) is 48.9 Å². The van der Waals surface area contributed by atoms with Crippen LogP contribution in [0.25, 0.3) is 10.8 Å². The molecule has 0 aliphatic heterocycles. The van der Waals surface area contributed by atoms with Crippen molar-refractivity contribution in [2.45, 2.75) is 51.9 Å². The molecule has 138 valence electrons. The molecular formula is C21H28BrClO2. The van der Waals surface area contributed by atoms with E-state index in [-0.39, 0.29) is 0 Å². The van der Waals surface area contributed by atoms with Crippen molar-refractivity contribution in [3.8, 4) is 11.5 Å². The van der Waals surface area contributed by atoms with Crippen molar-refractivity contribution >= 4 is 38.3 Å². The molecule has 2 aromatic rings. The highest BCUT2D eigenvalue weighted by Crippen LogP contribution is 2.34. The van der Waals surface area contributed by atoms with Crippen LogP contribution in [0.15, 0.2) is 30.3 Å². The Morgan fingerprint density at radius 2 is 1.64 bits per heavy atom. The van der Waals surface area contributed by atoms with Crippen LogP contribution in [0.2, 0.25) is 5.02 Å². The van der Waals surface area contributed by atoms with Crippen LogP contribution in [-0.4, -0.2) is 18.5 Å². The summed E-state index contributed by atoms with van der Waals surface area (Å²) < 4.78 is 11.7. The first-order valence-corrected chi connectivity index (χ1v) is 10.8. The van der Waals surface area contributed by atoms with E-state index in [1.54, 1.807) is 0 Å². The van der Waals surface area contributed by atoms with Gasteiger partial charge in [0.2, 0.25) is 0 Å². The Morgan fingerprint density at radius 3 is 2.44 bits per heavy atom. The summed E-state index contributed by atoms with van der Waals surface area (Å²) in [5, 5.41) is 3.87. The van der Waals surface area contributed by atoms with Crippen molar-refractivity contribution in [1.29, 1.82) is 0 Å². The molecule has 0 aliphatic rings. The maximum absolute atomic E-state index is 6.53. The lowest BCUT2D eigenvalue weighted by Gasteiger charge is -2.11. The van der Waals surface area contributed by atoms with E-state index in [1.165, 1.54) is 32.1 Å². The third kappa shape index (κ3) is 6.71. The molecule has 2 nitrogen and oxygen atoms in total. The van der Waals surface area contributed by atoms with Gasteiger partial charge in [0.25, 0.3) is 0 Å². The topological polar surface area (TPSA) is 18.5 Å². The van der Waals surface area contributed by atoms with E-state index >= 15 is 0 Å². The molecule has 0 spiro atoms. The normalized spacial score (nSPS) is 11.0. The monoisotopic (exact) mass is 426 g/mol. The average molecular weight is 428 g/mol. The molecule has 0 N–H and O–H groups in total. The largest absolute Gasteiger partial charge is 0.494 e. The summed E-state index contributed by atoms with van der Waals surface area (Å²) in [6.45, 7) is 3.68. The van der Waals surface area contributed by atoms with Crippen molar-refractivity contribution < 1.29 is 9.47 Å². The van der Waals surface area contributed by atoms with Crippen molar-refractivity contribution in [3.63, 3.8) is 0 Å². The van der Waals surface area contributed by atoms with E-state index in [1.807, 2.05) is 18.2 Å². The lowest BCUT2D eigenvalue weighted by molar-refractivity contribution is 0.305. The Morgan fingerprint density at radius 1 is 0.880 bits per heavy atom. The number of ether oxygens (including phenoxy) is 2. The zero-order valence-electron chi connectivity index (χ0n) is 15.0. The van der Waals surface area contributed by atoms with E-state index in [9.17, 15) is 0 Å². The smallest absolute Gasteiger partial charge is 0.138 e. The first kappa shape index (κ1) is 20.4. The summed E-state index contributed by atoms with van der Waals surface area (Å²) in [6, 6.07) is 10.1. The second kappa shape index (κ2) is 11.6. The average Bonchev–Trinajstić information content (AvgIpc) is 2.63. The van der Waals surface area contributed by atoms with E-state index < -0.39 is 0 Å². The molecule has 0 aliphatic carbocycles. The molecule has 0 saturated carbocycles. The lowest BCUT2D eigenvalue weighted by Crippen LogP contribution is -1.99. The number of halogens is 2. The predicted molar refractivity (Wildman–Crippen MR) is 112 cm³/mol. The molecule has 0 aromatic heterocycles. The van der Waals surface area contributed by atoms with Crippen LogP contribution in [0.3, 0.4) is 0 Å². The lowest BCUT2D eigenvalue weighted by atomic mass is 10.1. The summed E-state index contributed by atoms with van der Waals surface area (Å²) in [4.78, 5) is 0. The third-order valence-corrected chi connectivity index (χ3v) is 5.14. The maximum Gasteiger partial charge on any atom is 0.138 e. The van der Waals surface area contributed by atoms with Gasteiger partial charge in [-0.25, -0.2) is 0 Å². The molecule has 4 heteroatoms. The number of hydrogen-bond acceptors (Lipinski definition) is 2. The molecule has 0 bridgehead atoms. The zero-order chi connectivity index (χ0) is 17.9. The van der Waals surface area contributed by atoms with Crippen LogP contribution in [0.1, 0.15) is 51.9 Å². The van der Waals surface area contributed by atoms with Crippen LogP contribution in [0.5, 0.6) is 11.5 Å². The fourth-order valence-electron chi connectivity index (χ4n) is 2.73. The van der Waals surface area contributed by atoms with E-state index in [2.05, 4.69) is 35.0 Å². The highest BCUT2D eigenvalue weighted by Gasteiger charge is 2.08. The van der Waals surface area contributed by atoms with Gasteiger partial charge in [0.05, 0.1) is 18.2 Å². The van der Waals surface area contributed by atoms with Crippen LogP contribution in [0, 0.1) is 0 Å². The minimum Gasteiger partial charge on any atom is -0.494 e. The highest BCUT2D eigenvalue weighted by atomic mass is 79.9. The summed E-state index contributed by atoms with van der Waals surface area (Å²) in [6.07, 6.45) is 8.21. The molecule has 25 heavy (non-hydrogen) atoms. The zero-order valence-corrected chi connectivity index (χ0v) is 17.4. The van der Waals surface area contributed by atoms with Crippen molar-refractivity contribution in [1.82, 2.24) is 0 Å². The molecule has 0 radical (unpaired) electrons. The number of alkyl halides is 1. The van der Waals surface area contributed by atoms with Gasteiger partial charge in [0, 0.05) is 10.7 Å². The fourth-order valence-corrected chi connectivity index (χ4v) is 3.41. The minimum absolute atomic E-state index is 0.690. The summed E-state index contributed by atoms with van der Waals surface area (Å²) in [5.41, 5.74) is 0. The van der Waals surface area contributed by atoms with Gasteiger partial charge in [-0.15, -0.1) is 0 Å². The van der Waals surface area contributed by atoms with Gasteiger partial charge in [0.1, 0.15) is 11.5 Å². The summed E-state index contributed by atoms with van der Waals surface area (Å²) in [7, 11) is 0. The Hall–Kier alpha value is -0.930. The maximum atomic E-state index is 6.53. The SMILES string of the molecule is CCCCCOc1ccc2c(Cl)c(OCCCCCCBr)ccc2c1. The number of benzene rings is 2. The molecular weight excluding hydrogens is 400 g/mol. The fraction of sp³-hybridized carbons (Fsp3) is 0.524. The third-order valence-electron chi connectivity index (χ3n) is 4.19. The second-order valence-corrected chi connectivity index (χ2v) is 7.44. The molecule has 0 saturated heterocycles. The number of rotatable bonds is 12. The molecule has 0 unspecified atom stereocenters. The van der Waals surface area contributed by atoms with Crippen molar-refractivity contribution in [3.05, 3.63) is 35.4 Å². The van der Waals surface area contributed by atoms with Crippen LogP contribution < -0.4 is 9.47 Å². The number of unbranched alkanes of at least 4 members (excludes halogenated alkanes) is 5. The number of hydrogen-bond donors (Lipinski definition) is 0. The standard InChI is InChI=1S/C21H28BrClO2/c1-2-3-7-14-24-18-10-11-19-17(16-18)9-12-20(21(19)23)25-15-8-5-4-6-13-22/h9-12,16H,2-8,13-15H2,1H3. The molecule has 0 atom stereocenters. The summed E-state index contributed by atoms with van der Waals surface area (Å²) in [5.74, 6) is 1.67. The first-order valence-electron chi connectivity index (χ1n) is 9.30. The Bertz CT molecular complexity index is 645. The van der Waals surface area contributed by atoms with Crippen LogP contribution in [0.4, 0.5) is 0 Å². The van der Waals surface area contributed by atoms with Gasteiger partial charge in [-0.2, -0.15) is 0 Å².